The van der Waals surface area contributed by atoms with Crippen LogP contribution in [0.15, 0.2) is 64.4 Å². The lowest BCUT2D eigenvalue weighted by molar-refractivity contribution is 0.577. The Morgan fingerprint density at radius 1 is 1.04 bits per heavy atom. The van der Waals surface area contributed by atoms with Crippen LogP contribution >= 0.6 is 0 Å². The zero-order chi connectivity index (χ0) is 19.0. The summed E-state index contributed by atoms with van der Waals surface area (Å²) in [5.74, 6) is 1.05. The Hall–Kier alpha value is -3.41. The number of fused-ring (bicyclic) bond motifs is 1. The van der Waals surface area contributed by atoms with E-state index in [1.54, 1.807) is 4.57 Å². The van der Waals surface area contributed by atoms with Gasteiger partial charge in [0.2, 0.25) is 11.9 Å². The Morgan fingerprint density at radius 2 is 1.81 bits per heavy atom. The largest absolute Gasteiger partial charge is 0.326 e. The SMILES string of the molecule is Cc1cc(=O)n2c(n1)NC(Nc1cccc(C)c1C)=N[C@H]2c1ccccc1. The first kappa shape index (κ1) is 17.0. The summed E-state index contributed by atoms with van der Waals surface area (Å²) in [5, 5.41) is 6.52. The molecule has 0 saturated carbocycles. The Balaban J connectivity index is 1.81. The minimum Gasteiger partial charge on any atom is -0.326 e. The van der Waals surface area contributed by atoms with Crippen molar-refractivity contribution >= 4 is 17.6 Å². The van der Waals surface area contributed by atoms with Gasteiger partial charge in [0, 0.05) is 17.4 Å². The number of anilines is 2. The molecule has 6 heteroatoms. The molecule has 2 heterocycles. The maximum Gasteiger partial charge on any atom is 0.257 e. The van der Waals surface area contributed by atoms with Crippen LogP contribution < -0.4 is 16.2 Å². The van der Waals surface area contributed by atoms with Crippen LogP contribution in [0.1, 0.15) is 28.6 Å². The Morgan fingerprint density at radius 3 is 2.59 bits per heavy atom. The zero-order valence-corrected chi connectivity index (χ0v) is 15.5. The van der Waals surface area contributed by atoms with Crippen molar-refractivity contribution in [1.82, 2.24) is 9.55 Å². The van der Waals surface area contributed by atoms with Gasteiger partial charge in [-0.2, -0.15) is 0 Å². The monoisotopic (exact) mass is 359 g/mol. The number of rotatable bonds is 2. The van der Waals surface area contributed by atoms with Crippen LogP contribution in [0, 0.1) is 20.8 Å². The molecule has 4 rings (SSSR count). The average Bonchev–Trinajstić information content (AvgIpc) is 2.65. The van der Waals surface area contributed by atoms with E-state index >= 15 is 0 Å². The van der Waals surface area contributed by atoms with Gasteiger partial charge in [0.25, 0.3) is 5.56 Å². The first-order valence-corrected chi connectivity index (χ1v) is 8.86. The highest BCUT2D eigenvalue weighted by Crippen LogP contribution is 2.26. The van der Waals surface area contributed by atoms with Gasteiger partial charge in [-0.1, -0.05) is 42.5 Å². The molecule has 27 heavy (non-hydrogen) atoms. The first-order chi connectivity index (χ1) is 13.0. The van der Waals surface area contributed by atoms with Crippen LogP contribution in [0.3, 0.4) is 0 Å². The normalized spacial score (nSPS) is 15.5. The minimum absolute atomic E-state index is 0.131. The van der Waals surface area contributed by atoms with E-state index in [2.05, 4.69) is 35.5 Å². The fraction of sp³-hybridized carbons (Fsp3) is 0.190. The van der Waals surface area contributed by atoms with Crippen LogP contribution in [0.2, 0.25) is 0 Å². The fourth-order valence-corrected chi connectivity index (χ4v) is 3.17. The molecule has 0 radical (unpaired) electrons. The molecule has 0 bridgehead atoms. The number of guanidine groups is 1. The molecule has 1 aromatic heterocycles. The molecule has 0 spiro atoms. The third kappa shape index (κ3) is 3.21. The van der Waals surface area contributed by atoms with Gasteiger partial charge in [-0.3, -0.25) is 14.7 Å². The number of nitrogens with zero attached hydrogens (tertiary/aromatic N) is 3. The minimum atomic E-state index is -0.476. The molecule has 3 aromatic rings. The van der Waals surface area contributed by atoms with Crippen molar-refractivity contribution in [2.24, 2.45) is 4.99 Å². The number of hydrogen-bond acceptors (Lipinski definition) is 5. The molecular formula is C21H21N5O. The van der Waals surface area contributed by atoms with Gasteiger partial charge in [-0.15, -0.1) is 0 Å². The molecule has 136 valence electrons. The summed E-state index contributed by atoms with van der Waals surface area (Å²) in [7, 11) is 0. The first-order valence-electron chi connectivity index (χ1n) is 8.86. The smallest absolute Gasteiger partial charge is 0.257 e. The van der Waals surface area contributed by atoms with E-state index in [-0.39, 0.29) is 5.56 Å². The van der Waals surface area contributed by atoms with Gasteiger partial charge in [-0.25, -0.2) is 9.98 Å². The van der Waals surface area contributed by atoms with Gasteiger partial charge in [0.05, 0.1) is 0 Å². The zero-order valence-electron chi connectivity index (χ0n) is 15.5. The molecule has 0 unspecified atom stereocenters. The quantitative estimate of drug-likeness (QED) is 0.733. The van der Waals surface area contributed by atoms with Gasteiger partial charge in [0.15, 0.2) is 6.17 Å². The summed E-state index contributed by atoms with van der Waals surface area (Å²) >= 11 is 0. The number of aryl methyl sites for hydroxylation is 2. The molecule has 2 N–H and O–H groups in total. The number of hydrogen-bond donors (Lipinski definition) is 2. The number of benzene rings is 2. The van der Waals surface area contributed by atoms with Crippen molar-refractivity contribution < 1.29 is 0 Å². The van der Waals surface area contributed by atoms with E-state index in [1.807, 2.05) is 49.4 Å². The van der Waals surface area contributed by atoms with Crippen molar-refractivity contribution in [1.29, 1.82) is 0 Å². The summed E-state index contributed by atoms with van der Waals surface area (Å²) in [6.07, 6.45) is -0.476. The summed E-state index contributed by atoms with van der Waals surface area (Å²) in [4.78, 5) is 21.9. The van der Waals surface area contributed by atoms with E-state index in [9.17, 15) is 4.79 Å². The van der Waals surface area contributed by atoms with Crippen molar-refractivity contribution in [2.75, 3.05) is 10.6 Å². The van der Waals surface area contributed by atoms with Crippen molar-refractivity contribution in [3.05, 3.63) is 87.3 Å². The van der Waals surface area contributed by atoms with Gasteiger partial charge in [-0.05, 0) is 43.5 Å². The van der Waals surface area contributed by atoms with E-state index in [0.29, 0.717) is 17.6 Å². The van der Waals surface area contributed by atoms with Crippen molar-refractivity contribution in [3.8, 4) is 0 Å². The topological polar surface area (TPSA) is 71.3 Å². The highest BCUT2D eigenvalue weighted by atomic mass is 16.1. The molecule has 6 nitrogen and oxygen atoms in total. The second-order valence-electron chi connectivity index (χ2n) is 6.69. The number of aromatic nitrogens is 2. The maximum atomic E-state index is 12.6. The van der Waals surface area contributed by atoms with E-state index in [1.165, 1.54) is 11.6 Å². The van der Waals surface area contributed by atoms with Gasteiger partial charge >= 0.3 is 0 Å². The molecule has 1 atom stereocenters. The third-order valence-electron chi connectivity index (χ3n) is 4.76. The molecule has 0 amide bonds. The Labute approximate surface area is 157 Å². The lowest BCUT2D eigenvalue weighted by Gasteiger charge is -2.27. The lowest BCUT2D eigenvalue weighted by Crippen LogP contribution is -2.37. The van der Waals surface area contributed by atoms with E-state index < -0.39 is 6.17 Å². The summed E-state index contributed by atoms with van der Waals surface area (Å²) in [6.45, 7) is 5.95. The number of aliphatic imine (C=N–C) groups is 1. The lowest BCUT2D eigenvalue weighted by atomic mass is 10.1. The molecule has 0 saturated heterocycles. The van der Waals surface area contributed by atoms with Crippen LogP contribution in [-0.4, -0.2) is 15.5 Å². The van der Waals surface area contributed by atoms with E-state index in [0.717, 1.165) is 16.8 Å². The van der Waals surface area contributed by atoms with Crippen molar-refractivity contribution in [3.63, 3.8) is 0 Å². The molecule has 2 aromatic carbocycles. The van der Waals surface area contributed by atoms with Crippen LogP contribution in [-0.2, 0) is 0 Å². The van der Waals surface area contributed by atoms with Crippen LogP contribution in [0.25, 0.3) is 0 Å². The van der Waals surface area contributed by atoms with Crippen molar-refractivity contribution in [2.45, 2.75) is 26.9 Å². The second-order valence-corrected chi connectivity index (χ2v) is 6.69. The van der Waals surface area contributed by atoms with Gasteiger partial charge in [0.1, 0.15) is 0 Å². The molecular weight excluding hydrogens is 338 g/mol. The summed E-state index contributed by atoms with van der Waals surface area (Å²) < 4.78 is 1.58. The second kappa shape index (κ2) is 6.72. The fourth-order valence-electron chi connectivity index (χ4n) is 3.17. The Bertz CT molecular complexity index is 1090. The average molecular weight is 359 g/mol. The predicted molar refractivity (Wildman–Crippen MR) is 108 cm³/mol. The highest BCUT2D eigenvalue weighted by Gasteiger charge is 2.25. The maximum absolute atomic E-state index is 12.6. The predicted octanol–water partition coefficient (Wildman–Crippen LogP) is 3.61. The van der Waals surface area contributed by atoms with Gasteiger partial charge < -0.3 is 5.32 Å². The molecule has 0 fully saturated rings. The number of nitrogens with one attached hydrogen (secondary N) is 2. The molecule has 1 aliphatic rings. The van der Waals surface area contributed by atoms with Crippen LogP contribution in [0.5, 0.6) is 0 Å². The summed E-state index contributed by atoms with van der Waals surface area (Å²) in [5.41, 5.74) is 4.77. The Kier molecular flexibility index (Phi) is 4.24. The van der Waals surface area contributed by atoms with E-state index in [4.69, 9.17) is 4.99 Å². The standard InChI is InChI=1S/C21H21N5O/c1-13-8-7-11-17(15(13)3)23-20-24-19(16-9-5-4-6-10-16)26-18(27)12-14(2)22-21(26)25-20/h4-12,19H,1-3H3,(H2,22,23,24,25)/t19-/m1/s1. The molecule has 1 aliphatic heterocycles. The summed E-state index contributed by atoms with van der Waals surface area (Å²) in [6, 6.07) is 17.4. The van der Waals surface area contributed by atoms with Crippen LogP contribution in [0.4, 0.5) is 11.6 Å². The molecule has 0 aliphatic carbocycles. The third-order valence-corrected chi connectivity index (χ3v) is 4.76. The highest BCUT2D eigenvalue weighted by molar-refractivity contribution is 6.04.